The van der Waals surface area contributed by atoms with Crippen molar-refractivity contribution >= 4 is 21.4 Å². The van der Waals surface area contributed by atoms with E-state index in [1.54, 1.807) is 6.07 Å². The molecule has 6 heteroatoms. The van der Waals surface area contributed by atoms with Crippen molar-refractivity contribution in [3.05, 3.63) is 29.8 Å². The minimum atomic E-state index is -2.88. The summed E-state index contributed by atoms with van der Waals surface area (Å²) in [4.78, 5) is 1.96. The molecule has 18 heavy (non-hydrogen) atoms. The molecule has 0 spiro atoms. The number of anilines is 1. The maximum atomic E-state index is 11.5. The lowest BCUT2D eigenvalue weighted by Crippen LogP contribution is -2.32. The van der Waals surface area contributed by atoms with Crippen molar-refractivity contribution in [3.63, 3.8) is 0 Å². The Morgan fingerprint density at radius 1 is 1.50 bits per heavy atom. The van der Waals surface area contributed by atoms with Crippen LogP contribution in [0.2, 0.25) is 0 Å². The first-order valence-electron chi connectivity index (χ1n) is 5.77. The summed E-state index contributed by atoms with van der Waals surface area (Å²) < 4.78 is 22.9. The molecule has 0 bridgehead atoms. The van der Waals surface area contributed by atoms with E-state index in [2.05, 4.69) is 0 Å². The van der Waals surface area contributed by atoms with Gasteiger partial charge in [-0.25, -0.2) is 8.42 Å². The molecule has 1 aromatic carbocycles. The Balaban J connectivity index is 2.21. The largest absolute Gasteiger partial charge is 0.384 e. The van der Waals surface area contributed by atoms with E-state index in [4.69, 9.17) is 11.1 Å². The monoisotopic (exact) mass is 267 g/mol. The number of nitrogens with zero attached hydrogens (tertiary/aromatic N) is 1. The highest BCUT2D eigenvalue weighted by molar-refractivity contribution is 7.91. The van der Waals surface area contributed by atoms with Crippen LogP contribution in [0.4, 0.5) is 5.69 Å². The number of hydrogen-bond donors (Lipinski definition) is 2. The van der Waals surface area contributed by atoms with E-state index >= 15 is 0 Å². The van der Waals surface area contributed by atoms with Gasteiger partial charge in [0.25, 0.3) is 0 Å². The first-order valence-corrected chi connectivity index (χ1v) is 7.59. The molecule has 0 saturated carbocycles. The molecule has 1 fully saturated rings. The number of benzene rings is 1. The van der Waals surface area contributed by atoms with Gasteiger partial charge in [0, 0.05) is 24.3 Å². The SMILES string of the molecule is CN(c1cccc(C(=N)N)c1)C1CCS(=O)(=O)C1. The Labute approximate surface area is 107 Å². The number of rotatable bonds is 3. The Morgan fingerprint density at radius 3 is 2.78 bits per heavy atom. The van der Waals surface area contributed by atoms with Gasteiger partial charge in [0.2, 0.25) is 0 Å². The fourth-order valence-corrected chi connectivity index (χ4v) is 3.96. The highest BCUT2D eigenvalue weighted by Gasteiger charge is 2.30. The minimum Gasteiger partial charge on any atom is -0.384 e. The van der Waals surface area contributed by atoms with Crippen molar-refractivity contribution in [3.8, 4) is 0 Å². The normalized spacial score (nSPS) is 21.7. The number of nitrogens with two attached hydrogens (primary N) is 1. The molecule has 1 saturated heterocycles. The summed E-state index contributed by atoms with van der Waals surface area (Å²) in [6.07, 6.45) is 0.656. The van der Waals surface area contributed by atoms with Gasteiger partial charge < -0.3 is 10.6 Å². The second-order valence-electron chi connectivity index (χ2n) is 4.63. The molecule has 2 rings (SSSR count). The van der Waals surface area contributed by atoms with Crippen LogP contribution in [0.1, 0.15) is 12.0 Å². The zero-order valence-electron chi connectivity index (χ0n) is 10.3. The predicted molar refractivity (Wildman–Crippen MR) is 72.9 cm³/mol. The van der Waals surface area contributed by atoms with Gasteiger partial charge in [-0.3, -0.25) is 5.41 Å². The summed E-state index contributed by atoms with van der Waals surface area (Å²) in [5.41, 5.74) is 6.99. The first kappa shape index (κ1) is 12.9. The van der Waals surface area contributed by atoms with Gasteiger partial charge in [-0.15, -0.1) is 0 Å². The fraction of sp³-hybridized carbons (Fsp3) is 0.417. The number of nitrogens with one attached hydrogen (secondary N) is 1. The van der Waals surface area contributed by atoms with Gasteiger partial charge in [-0.05, 0) is 18.6 Å². The number of sulfone groups is 1. The number of nitrogen functional groups attached to an aromatic ring is 1. The molecule has 0 aliphatic carbocycles. The number of amidine groups is 1. The summed E-state index contributed by atoms with van der Waals surface area (Å²) in [5, 5.41) is 7.41. The van der Waals surface area contributed by atoms with Crippen molar-refractivity contribution in [1.82, 2.24) is 0 Å². The molecule has 1 aromatic rings. The second kappa shape index (κ2) is 4.61. The Hall–Kier alpha value is -1.56. The lowest BCUT2D eigenvalue weighted by Gasteiger charge is -2.26. The van der Waals surface area contributed by atoms with Crippen LogP contribution in [0, 0.1) is 5.41 Å². The van der Waals surface area contributed by atoms with Gasteiger partial charge in [-0.1, -0.05) is 12.1 Å². The zero-order valence-corrected chi connectivity index (χ0v) is 11.1. The second-order valence-corrected chi connectivity index (χ2v) is 6.86. The van der Waals surface area contributed by atoms with Crippen LogP contribution in [0.3, 0.4) is 0 Å². The third kappa shape index (κ3) is 2.64. The average molecular weight is 267 g/mol. The van der Waals surface area contributed by atoms with E-state index in [-0.39, 0.29) is 23.4 Å². The van der Waals surface area contributed by atoms with Gasteiger partial charge in [0.15, 0.2) is 9.84 Å². The van der Waals surface area contributed by atoms with E-state index < -0.39 is 9.84 Å². The Morgan fingerprint density at radius 2 is 2.22 bits per heavy atom. The van der Waals surface area contributed by atoms with E-state index in [1.165, 1.54) is 0 Å². The molecular weight excluding hydrogens is 250 g/mol. The van der Waals surface area contributed by atoms with Crippen molar-refractivity contribution < 1.29 is 8.42 Å². The third-order valence-corrected chi connectivity index (χ3v) is 5.07. The van der Waals surface area contributed by atoms with Gasteiger partial charge in [-0.2, -0.15) is 0 Å². The third-order valence-electron chi connectivity index (χ3n) is 3.32. The summed E-state index contributed by atoms with van der Waals surface area (Å²) in [5.74, 6) is 0.478. The van der Waals surface area contributed by atoms with Crippen LogP contribution in [0.5, 0.6) is 0 Å². The molecule has 3 N–H and O–H groups in total. The lowest BCUT2D eigenvalue weighted by atomic mass is 10.1. The smallest absolute Gasteiger partial charge is 0.152 e. The van der Waals surface area contributed by atoms with Crippen molar-refractivity contribution in [1.29, 1.82) is 5.41 Å². The molecule has 0 radical (unpaired) electrons. The van der Waals surface area contributed by atoms with E-state index in [0.29, 0.717) is 12.0 Å². The van der Waals surface area contributed by atoms with Crippen LogP contribution in [0.25, 0.3) is 0 Å². The van der Waals surface area contributed by atoms with Gasteiger partial charge >= 0.3 is 0 Å². The molecule has 1 aliphatic rings. The molecule has 0 amide bonds. The fourth-order valence-electron chi connectivity index (χ4n) is 2.18. The zero-order chi connectivity index (χ0) is 13.3. The molecule has 1 unspecified atom stereocenters. The maximum Gasteiger partial charge on any atom is 0.152 e. The topological polar surface area (TPSA) is 87.2 Å². The number of hydrogen-bond acceptors (Lipinski definition) is 4. The quantitative estimate of drug-likeness (QED) is 0.620. The standard InChI is InChI=1S/C12H17N3O2S/c1-15(11-5-6-18(16,17)8-11)10-4-2-3-9(7-10)12(13)14/h2-4,7,11H,5-6,8H2,1H3,(H3,13,14). The first-order chi connectivity index (χ1) is 8.39. The molecule has 98 valence electrons. The van der Waals surface area contributed by atoms with Gasteiger partial charge in [0.1, 0.15) is 5.84 Å². The van der Waals surface area contributed by atoms with Crippen LogP contribution in [-0.4, -0.2) is 38.8 Å². The minimum absolute atomic E-state index is 0.0113. The molecule has 1 atom stereocenters. The van der Waals surface area contributed by atoms with Crippen molar-refractivity contribution in [2.75, 3.05) is 23.5 Å². The van der Waals surface area contributed by atoms with Crippen LogP contribution in [0.15, 0.2) is 24.3 Å². The highest BCUT2D eigenvalue weighted by atomic mass is 32.2. The maximum absolute atomic E-state index is 11.5. The van der Waals surface area contributed by atoms with E-state index in [0.717, 1.165) is 5.69 Å². The van der Waals surface area contributed by atoms with Crippen molar-refractivity contribution in [2.24, 2.45) is 5.73 Å². The summed E-state index contributed by atoms with van der Waals surface area (Å²) in [6, 6.07) is 7.32. The van der Waals surface area contributed by atoms with Crippen LogP contribution >= 0.6 is 0 Å². The molecule has 1 aliphatic heterocycles. The molecule has 1 heterocycles. The Kier molecular flexibility index (Phi) is 3.30. The summed E-state index contributed by atoms with van der Waals surface area (Å²) in [6.45, 7) is 0. The Bertz CT molecular complexity index is 568. The van der Waals surface area contributed by atoms with Crippen LogP contribution < -0.4 is 10.6 Å². The summed E-state index contributed by atoms with van der Waals surface area (Å²) >= 11 is 0. The van der Waals surface area contributed by atoms with Crippen LogP contribution in [-0.2, 0) is 9.84 Å². The molecular formula is C12H17N3O2S. The van der Waals surface area contributed by atoms with Crippen molar-refractivity contribution in [2.45, 2.75) is 12.5 Å². The molecule has 0 aromatic heterocycles. The van der Waals surface area contributed by atoms with E-state index in [1.807, 2.05) is 30.1 Å². The average Bonchev–Trinajstić information content (AvgIpc) is 2.69. The summed E-state index contributed by atoms with van der Waals surface area (Å²) in [7, 11) is -1.00. The molecule has 5 nitrogen and oxygen atoms in total. The van der Waals surface area contributed by atoms with Gasteiger partial charge in [0.05, 0.1) is 11.5 Å². The predicted octanol–water partition coefficient (Wildman–Crippen LogP) is 0.594. The highest BCUT2D eigenvalue weighted by Crippen LogP contribution is 2.23. The lowest BCUT2D eigenvalue weighted by molar-refractivity contribution is 0.601. The van der Waals surface area contributed by atoms with E-state index in [9.17, 15) is 8.42 Å².